The zero-order valence-electron chi connectivity index (χ0n) is 12.9. The predicted molar refractivity (Wildman–Crippen MR) is 85.4 cm³/mol. The molecule has 1 aromatic heterocycles. The molecule has 0 spiro atoms. The van der Waals surface area contributed by atoms with Crippen LogP contribution in [0.3, 0.4) is 0 Å². The van der Waals surface area contributed by atoms with Gasteiger partial charge in [-0.1, -0.05) is 11.6 Å². The van der Waals surface area contributed by atoms with Crippen LogP contribution in [0.5, 0.6) is 0 Å². The van der Waals surface area contributed by atoms with Crippen LogP contribution in [-0.4, -0.2) is 65.0 Å². The van der Waals surface area contributed by atoms with Gasteiger partial charge in [0.25, 0.3) is 0 Å². The minimum atomic E-state index is -0.839. The smallest absolute Gasteiger partial charge is 0.135 e. The Hall–Kier alpha value is -0.950. The minimum Gasteiger partial charge on any atom is -0.387 e. The van der Waals surface area contributed by atoms with Crippen LogP contribution in [0.2, 0.25) is 5.15 Å². The number of nitrogens with zero attached hydrogens (tertiary/aromatic N) is 3. The van der Waals surface area contributed by atoms with Gasteiger partial charge in [-0.15, -0.1) is 0 Å². The van der Waals surface area contributed by atoms with Gasteiger partial charge in [-0.25, -0.2) is 9.97 Å². The van der Waals surface area contributed by atoms with E-state index >= 15 is 0 Å². The summed E-state index contributed by atoms with van der Waals surface area (Å²) in [5.41, 5.74) is -0.839. The van der Waals surface area contributed by atoms with E-state index in [0.29, 0.717) is 30.0 Å². The number of hydrogen-bond donors (Lipinski definition) is 2. The molecule has 0 amide bonds. The van der Waals surface area contributed by atoms with Crippen molar-refractivity contribution in [2.45, 2.75) is 31.3 Å². The van der Waals surface area contributed by atoms with Crippen LogP contribution in [0.25, 0.3) is 0 Å². The Balaban J connectivity index is 1.56. The maximum atomic E-state index is 10.6. The van der Waals surface area contributed by atoms with Crippen LogP contribution in [0.15, 0.2) is 6.07 Å². The van der Waals surface area contributed by atoms with Crippen LogP contribution in [-0.2, 0) is 4.74 Å². The van der Waals surface area contributed by atoms with Crippen LogP contribution in [0.4, 0.5) is 5.82 Å². The van der Waals surface area contributed by atoms with E-state index in [1.54, 1.807) is 6.07 Å². The average Bonchev–Trinajstić information content (AvgIpc) is 3.30. The summed E-state index contributed by atoms with van der Waals surface area (Å²) in [6, 6.07) is 1.71. The Bertz CT molecular complexity index is 516. The van der Waals surface area contributed by atoms with Gasteiger partial charge < -0.3 is 15.2 Å². The first-order valence-electron chi connectivity index (χ1n) is 7.83. The largest absolute Gasteiger partial charge is 0.387 e. The molecule has 6 nitrogen and oxygen atoms in total. The van der Waals surface area contributed by atoms with Crippen molar-refractivity contribution in [1.29, 1.82) is 0 Å². The molecular formula is C15H23ClN4O2. The van der Waals surface area contributed by atoms with Gasteiger partial charge in [-0.2, -0.15) is 0 Å². The molecule has 1 aliphatic carbocycles. The summed E-state index contributed by atoms with van der Waals surface area (Å²) in [6.45, 7) is 6.05. The molecule has 2 aliphatic rings. The van der Waals surface area contributed by atoms with E-state index in [2.05, 4.69) is 20.2 Å². The average molecular weight is 327 g/mol. The Labute approximate surface area is 135 Å². The Morgan fingerprint density at radius 1 is 1.41 bits per heavy atom. The van der Waals surface area contributed by atoms with Crippen LogP contribution < -0.4 is 5.32 Å². The Morgan fingerprint density at radius 3 is 2.82 bits per heavy atom. The lowest BCUT2D eigenvalue weighted by Crippen LogP contribution is -2.49. The van der Waals surface area contributed by atoms with Gasteiger partial charge in [-0.05, 0) is 19.8 Å². The molecule has 1 saturated carbocycles. The maximum Gasteiger partial charge on any atom is 0.135 e. The highest BCUT2D eigenvalue weighted by Crippen LogP contribution is 2.38. The highest BCUT2D eigenvalue weighted by molar-refractivity contribution is 6.29. The van der Waals surface area contributed by atoms with Crippen molar-refractivity contribution in [1.82, 2.24) is 14.9 Å². The Morgan fingerprint density at radius 2 is 2.14 bits per heavy atom. The molecule has 2 N–H and O–H groups in total. The number of nitrogens with one attached hydrogen (secondary N) is 1. The molecule has 22 heavy (non-hydrogen) atoms. The zero-order chi connectivity index (χ0) is 15.6. The zero-order valence-corrected chi connectivity index (χ0v) is 13.6. The SMILES string of the molecule is CC(O)(CNc1cc(Cl)nc(C2CC2)n1)CN1CCOCC1. The molecule has 2 fully saturated rings. The van der Waals surface area contributed by atoms with Gasteiger partial charge in [0, 0.05) is 38.2 Å². The lowest BCUT2D eigenvalue weighted by molar-refractivity contribution is -0.0164. The predicted octanol–water partition coefficient (Wildman–Crippen LogP) is 1.50. The maximum absolute atomic E-state index is 10.6. The summed E-state index contributed by atoms with van der Waals surface area (Å²) < 4.78 is 5.33. The first kappa shape index (κ1) is 15.9. The minimum absolute atomic E-state index is 0.418. The molecule has 0 radical (unpaired) electrons. The lowest BCUT2D eigenvalue weighted by atomic mass is 10.1. The van der Waals surface area contributed by atoms with E-state index in [-0.39, 0.29) is 0 Å². The van der Waals surface area contributed by atoms with E-state index < -0.39 is 5.60 Å². The quantitative estimate of drug-likeness (QED) is 0.772. The molecule has 1 atom stereocenters. The number of morpholine rings is 1. The molecule has 0 aromatic carbocycles. The molecule has 0 bridgehead atoms. The molecule has 1 saturated heterocycles. The van der Waals surface area contributed by atoms with Crippen molar-refractivity contribution in [3.63, 3.8) is 0 Å². The van der Waals surface area contributed by atoms with Crippen LogP contribution in [0.1, 0.15) is 31.5 Å². The lowest BCUT2D eigenvalue weighted by Gasteiger charge is -2.34. The number of halogens is 1. The first-order chi connectivity index (χ1) is 10.5. The fourth-order valence-corrected chi connectivity index (χ4v) is 2.82. The van der Waals surface area contributed by atoms with Gasteiger partial charge >= 0.3 is 0 Å². The third kappa shape index (κ3) is 4.52. The van der Waals surface area contributed by atoms with Crippen molar-refractivity contribution in [3.8, 4) is 0 Å². The fraction of sp³-hybridized carbons (Fsp3) is 0.733. The van der Waals surface area contributed by atoms with Gasteiger partial charge in [0.15, 0.2) is 0 Å². The highest BCUT2D eigenvalue weighted by Gasteiger charge is 2.28. The number of rotatable bonds is 6. The van der Waals surface area contributed by atoms with Crippen molar-refractivity contribution >= 4 is 17.4 Å². The number of ether oxygens (including phenoxy) is 1. The van der Waals surface area contributed by atoms with Crippen LogP contribution >= 0.6 is 11.6 Å². The second kappa shape index (κ2) is 6.66. The molecule has 7 heteroatoms. The summed E-state index contributed by atoms with van der Waals surface area (Å²) in [5.74, 6) is 1.94. The summed E-state index contributed by atoms with van der Waals surface area (Å²) in [4.78, 5) is 11.0. The van der Waals surface area contributed by atoms with E-state index in [4.69, 9.17) is 16.3 Å². The Kier molecular flexibility index (Phi) is 4.82. The highest BCUT2D eigenvalue weighted by atomic mass is 35.5. The molecule has 2 heterocycles. The standard InChI is InChI=1S/C15H23ClN4O2/c1-15(21,10-20-4-6-22-7-5-20)9-17-13-8-12(16)18-14(19-13)11-2-3-11/h8,11,21H,2-7,9-10H2,1H3,(H,17,18,19). The number of β-amino-alcohol motifs (C(OH)–C–C–N with tert-alkyl or cyclic N) is 1. The van der Waals surface area contributed by atoms with E-state index in [9.17, 15) is 5.11 Å². The van der Waals surface area contributed by atoms with E-state index in [1.165, 1.54) is 0 Å². The molecule has 1 aliphatic heterocycles. The van der Waals surface area contributed by atoms with E-state index in [0.717, 1.165) is 45.0 Å². The van der Waals surface area contributed by atoms with Crippen molar-refractivity contribution < 1.29 is 9.84 Å². The van der Waals surface area contributed by atoms with Gasteiger partial charge in [0.1, 0.15) is 16.8 Å². The number of aromatic nitrogens is 2. The first-order valence-corrected chi connectivity index (χ1v) is 8.20. The summed E-state index contributed by atoms with van der Waals surface area (Å²) >= 11 is 6.05. The molecule has 3 rings (SSSR count). The van der Waals surface area contributed by atoms with Gasteiger partial charge in [0.05, 0.1) is 18.8 Å². The molecule has 1 aromatic rings. The van der Waals surface area contributed by atoms with Gasteiger partial charge in [-0.3, -0.25) is 4.90 Å². The number of anilines is 1. The monoisotopic (exact) mass is 326 g/mol. The van der Waals surface area contributed by atoms with Crippen molar-refractivity contribution in [3.05, 3.63) is 17.0 Å². The normalized spacial score (nSPS) is 22.3. The summed E-state index contributed by atoms with van der Waals surface area (Å²) in [5, 5.41) is 14.2. The second-order valence-electron chi connectivity index (χ2n) is 6.45. The number of hydrogen-bond acceptors (Lipinski definition) is 6. The summed E-state index contributed by atoms with van der Waals surface area (Å²) in [6.07, 6.45) is 2.27. The molecule has 122 valence electrons. The van der Waals surface area contributed by atoms with Gasteiger partial charge in [0.2, 0.25) is 0 Å². The van der Waals surface area contributed by atoms with E-state index in [1.807, 2.05) is 6.92 Å². The molecular weight excluding hydrogens is 304 g/mol. The second-order valence-corrected chi connectivity index (χ2v) is 6.83. The summed E-state index contributed by atoms with van der Waals surface area (Å²) in [7, 11) is 0. The van der Waals surface area contributed by atoms with Crippen molar-refractivity contribution in [2.24, 2.45) is 0 Å². The number of aliphatic hydroxyl groups is 1. The third-order valence-corrected chi connectivity index (χ3v) is 4.17. The van der Waals surface area contributed by atoms with Crippen molar-refractivity contribution in [2.75, 3.05) is 44.7 Å². The molecule has 1 unspecified atom stereocenters. The fourth-order valence-electron chi connectivity index (χ4n) is 2.63. The third-order valence-electron chi connectivity index (χ3n) is 3.97. The van der Waals surface area contributed by atoms with Crippen LogP contribution in [0, 0.1) is 0 Å². The topological polar surface area (TPSA) is 70.5 Å².